The molecule has 3 N–H and O–H groups in total. The van der Waals surface area contributed by atoms with Gasteiger partial charge in [-0.1, -0.05) is 6.07 Å². The second-order valence-corrected chi connectivity index (χ2v) is 5.52. The Hall–Kier alpha value is -1.59. The molecule has 0 bridgehead atoms. The van der Waals surface area contributed by atoms with Crippen LogP contribution in [0.1, 0.15) is 18.0 Å². The largest absolute Gasteiger partial charge is 0.507 e. The SMILES string of the molecule is O=C(O)C1CNC(c2ccc3sccc3c2O)C1. The summed E-state index contributed by atoms with van der Waals surface area (Å²) in [6, 6.07) is 5.68. The van der Waals surface area contributed by atoms with Crippen LogP contribution in [-0.2, 0) is 4.79 Å². The van der Waals surface area contributed by atoms with Crippen molar-refractivity contribution in [1.82, 2.24) is 5.32 Å². The third-order valence-corrected chi connectivity index (χ3v) is 4.38. The van der Waals surface area contributed by atoms with Crippen LogP contribution in [0.4, 0.5) is 0 Å². The summed E-state index contributed by atoms with van der Waals surface area (Å²) in [5.41, 5.74) is 0.796. The molecule has 2 aromatic rings. The molecule has 2 unspecified atom stereocenters. The van der Waals surface area contributed by atoms with Crippen LogP contribution in [0, 0.1) is 5.92 Å². The van der Waals surface area contributed by atoms with Gasteiger partial charge in [-0.3, -0.25) is 4.79 Å². The molecule has 3 rings (SSSR count). The Morgan fingerprint density at radius 3 is 2.94 bits per heavy atom. The molecule has 1 aromatic carbocycles. The van der Waals surface area contributed by atoms with E-state index in [-0.39, 0.29) is 17.7 Å². The minimum Gasteiger partial charge on any atom is -0.507 e. The number of carboxylic acid groups (broad SMARTS) is 1. The lowest BCUT2D eigenvalue weighted by Crippen LogP contribution is -2.17. The van der Waals surface area contributed by atoms with E-state index < -0.39 is 5.97 Å². The summed E-state index contributed by atoms with van der Waals surface area (Å²) in [6.07, 6.45) is 0.526. The van der Waals surface area contributed by atoms with E-state index in [1.165, 1.54) is 0 Å². The fourth-order valence-corrected chi connectivity index (χ4v) is 3.28. The summed E-state index contributed by atoms with van der Waals surface area (Å²) in [4.78, 5) is 10.9. The van der Waals surface area contributed by atoms with Crippen LogP contribution in [0.2, 0.25) is 0 Å². The van der Waals surface area contributed by atoms with Gasteiger partial charge in [0, 0.05) is 28.2 Å². The van der Waals surface area contributed by atoms with E-state index in [1.54, 1.807) is 11.3 Å². The Morgan fingerprint density at radius 1 is 1.39 bits per heavy atom. The number of hydrogen-bond acceptors (Lipinski definition) is 4. The minimum atomic E-state index is -0.777. The monoisotopic (exact) mass is 263 g/mol. The van der Waals surface area contributed by atoms with Crippen molar-refractivity contribution in [3.63, 3.8) is 0 Å². The molecule has 0 radical (unpaired) electrons. The summed E-state index contributed by atoms with van der Waals surface area (Å²) in [6.45, 7) is 0.459. The van der Waals surface area contributed by atoms with E-state index in [2.05, 4.69) is 5.32 Å². The number of nitrogens with one attached hydrogen (secondary N) is 1. The Bertz CT molecular complexity index is 607. The third-order valence-electron chi connectivity index (χ3n) is 3.49. The van der Waals surface area contributed by atoms with Crippen molar-refractivity contribution in [2.45, 2.75) is 12.5 Å². The smallest absolute Gasteiger partial charge is 0.307 e. The maximum absolute atomic E-state index is 10.9. The number of rotatable bonds is 2. The lowest BCUT2D eigenvalue weighted by molar-refractivity contribution is -0.141. The molecular formula is C13H13NO3S. The maximum Gasteiger partial charge on any atom is 0.307 e. The highest BCUT2D eigenvalue weighted by Gasteiger charge is 2.31. The van der Waals surface area contributed by atoms with Crippen LogP contribution >= 0.6 is 11.3 Å². The summed E-state index contributed by atoms with van der Waals surface area (Å²) in [5.74, 6) is -0.869. The first-order valence-corrected chi connectivity index (χ1v) is 6.70. The molecule has 2 heterocycles. The average molecular weight is 263 g/mol. The quantitative estimate of drug-likeness (QED) is 0.778. The van der Waals surface area contributed by atoms with Gasteiger partial charge >= 0.3 is 5.97 Å². The number of thiophene rings is 1. The zero-order valence-electron chi connectivity index (χ0n) is 9.59. The molecule has 1 aliphatic rings. The van der Waals surface area contributed by atoms with E-state index in [9.17, 15) is 9.90 Å². The van der Waals surface area contributed by atoms with Crippen LogP contribution in [0.5, 0.6) is 5.75 Å². The number of phenolic OH excluding ortho intramolecular Hbond substituents is 1. The fourth-order valence-electron chi connectivity index (χ4n) is 2.49. The topological polar surface area (TPSA) is 69.6 Å². The normalized spacial score (nSPS) is 23.6. The van der Waals surface area contributed by atoms with Gasteiger partial charge in [-0.15, -0.1) is 11.3 Å². The van der Waals surface area contributed by atoms with Crippen LogP contribution in [0.15, 0.2) is 23.6 Å². The number of benzene rings is 1. The van der Waals surface area contributed by atoms with Gasteiger partial charge in [0.05, 0.1) is 5.92 Å². The predicted molar refractivity (Wildman–Crippen MR) is 70.0 cm³/mol. The zero-order chi connectivity index (χ0) is 12.7. The molecular weight excluding hydrogens is 250 g/mol. The van der Waals surface area contributed by atoms with Crippen LogP contribution in [0.3, 0.4) is 0 Å². The van der Waals surface area contributed by atoms with Crippen LogP contribution in [-0.4, -0.2) is 22.7 Å². The number of aliphatic carboxylic acids is 1. The molecule has 1 saturated heterocycles. The summed E-state index contributed by atoms with van der Waals surface area (Å²) in [7, 11) is 0. The summed E-state index contributed by atoms with van der Waals surface area (Å²) >= 11 is 1.58. The van der Waals surface area contributed by atoms with Crippen molar-refractivity contribution in [3.8, 4) is 5.75 Å². The zero-order valence-corrected chi connectivity index (χ0v) is 10.4. The van der Waals surface area contributed by atoms with Crippen molar-refractivity contribution in [1.29, 1.82) is 0 Å². The first kappa shape index (κ1) is 11.5. The minimum absolute atomic E-state index is 0.0737. The first-order valence-electron chi connectivity index (χ1n) is 5.82. The number of carboxylic acids is 1. The molecule has 4 nitrogen and oxygen atoms in total. The van der Waals surface area contributed by atoms with Gasteiger partial charge in [-0.2, -0.15) is 0 Å². The van der Waals surface area contributed by atoms with Gasteiger partial charge in [0.2, 0.25) is 0 Å². The Morgan fingerprint density at radius 2 is 2.22 bits per heavy atom. The summed E-state index contributed by atoms with van der Waals surface area (Å²) < 4.78 is 1.05. The highest BCUT2D eigenvalue weighted by molar-refractivity contribution is 7.17. The second-order valence-electron chi connectivity index (χ2n) is 4.57. The van der Waals surface area contributed by atoms with Gasteiger partial charge in [0.25, 0.3) is 0 Å². The van der Waals surface area contributed by atoms with Crippen molar-refractivity contribution < 1.29 is 15.0 Å². The van der Waals surface area contributed by atoms with Gasteiger partial charge in [-0.05, 0) is 23.9 Å². The van der Waals surface area contributed by atoms with E-state index in [0.717, 1.165) is 15.6 Å². The van der Waals surface area contributed by atoms with Crippen molar-refractivity contribution in [2.75, 3.05) is 6.54 Å². The molecule has 2 atom stereocenters. The molecule has 5 heteroatoms. The number of fused-ring (bicyclic) bond motifs is 1. The average Bonchev–Trinajstić information content (AvgIpc) is 2.97. The molecule has 18 heavy (non-hydrogen) atoms. The number of phenols is 1. The number of aromatic hydroxyl groups is 1. The highest BCUT2D eigenvalue weighted by Crippen LogP contribution is 2.38. The predicted octanol–water partition coefficient (Wildman–Crippen LogP) is 2.34. The molecule has 0 aliphatic carbocycles. The summed E-state index contributed by atoms with van der Waals surface area (Å²) in [5, 5.41) is 25.2. The molecule has 94 valence electrons. The number of hydrogen-bond donors (Lipinski definition) is 3. The van der Waals surface area contributed by atoms with E-state index in [1.807, 2.05) is 23.6 Å². The van der Waals surface area contributed by atoms with Gasteiger partial charge in [0.1, 0.15) is 5.75 Å². The van der Waals surface area contributed by atoms with E-state index in [0.29, 0.717) is 13.0 Å². The number of carbonyl (C=O) groups is 1. The first-order chi connectivity index (χ1) is 8.66. The molecule has 1 aliphatic heterocycles. The van der Waals surface area contributed by atoms with Gasteiger partial charge < -0.3 is 15.5 Å². The van der Waals surface area contributed by atoms with E-state index in [4.69, 9.17) is 5.11 Å². The molecule has 0 spiro atoms. The van der Waals surface area contributed by atoms with Gasteiger partial charge in [0.15, 0.2) is 0 Å². The molecule has 1 aromatic heterocycles. The van der Waals surface area contributed by atoms with Crippen LogP contribution < -0.4 is 5.32 Å². The Balaban J connectivity index is 1.95. The van der Waals surface area contributed by atoms with Crippen molar-refractivity contribution in [2.24, 2.45) is 5.92 Å². The second kappa shape index (κ2) is 4.26. The Kier molecular flexibility index (Phi) is 2.72. The third kappa shape index (κ3) is 1.76. The lowest BCUT2D eigenvalue weighted by atomic mass is 9.98. The van der Waals surface area contributed by atoms with Crippen molar-refractivity contribution >= 4 is 27.4 Å². The fraction of sp³-hybridized carbons (Fsp3) is 0.308. The van der Waals surface area contributed by atoms with Crippen LogP contribution in [0.25, 0.3) is 10.1 Å². The Labute approximate surface area is 108 Å². The molecule has 0 amide bonds. The highest BCUT2D eigenvalue weighted by atomic mass is 32.1. The standard InChI is InChI=1S/C13H13NO3S/c15-12-8(1-2-11-9(12)3-4-18-11)10-5-7(6-14-10)13(16)17/h1-4,7,10,14-15H,5-6H2,(H,16,17). The van der Waals surface area contributed by atoms with Crippen molar-refractivity contribution in [3.05, 3.63) is 29.1 Å². The molecule has 0 saturated carbocycles. The maximum atomic E-state index is 10.9. The van der Waals surface area contributed by atoms with E-state index >= 15 is 0 Å². The lowest BCUT2D eigenvalue weighted by Gasteiger charge is -2.13. The van der Waals surface area contributed by atoms with Gasteiger partial charge in [-0.25, -0.2) is 0 Å². The molecule has 1 fully saturated rings.